The van der Waals surface area contributed by atoms with Crippen molar-refractivity contribution < 1.29 is 18.0 Å². The molecule has 0 spiro atoms. The second-order valence-corrected chi connectivity index (χ2v) is 6.99. The number of carbonyl (C=O) groups is 1. The molecule has 150 valence electrons. The van der Waals surface area contributed by atoms with Gasteiger partial charge >= 0.3 is 6.18 Å². The van der Waals surface area contributed by atoms with Crippen molar-refractivity contribution in [2.75, 3.05) is 52.4 Å². The van der Waals surface area contributed by atoms with Crippen LogP contribution in [0.25, 0.3) is 0 Å². The number of hydrogen-bond donors (Lipinski definition) is 2. The number of carbonyl (C=O) groups excluding carboxylic acids is 1. The van der Waals surface area contributed by atoms with Gasteiger partial charge in [0.2, 0.25) is 5.91 Å². The molecule has 2 aliphatic heterocycles. The third-order valence-corrected chi connectivity index (χ3v) is 4.69. The van der Waals surface area contributed by atoms with Gasteiger partial charge < -0.3 is 15.5 Å². The van der Waals surface area contributed by atoms with Crippen LogP contribution in [0.1, 0.15) is 32.6 Å². The van der Waals surface area contributed by atoms with Gasteiger partial charge in [0.25, 0.3) is 0 Å². The Kier molecular flexibility index (Phi) is 7.99. The first-order chi connectivity index (χ1) is 12.4. The smallest absolute Gasteiger partial charge is 0.357 e. The van der Waals surface area contributed by atoms with Gasteiger partial charge in [-0.15, -0.1) is 0 Å². The molecule has 9 heteroatoms. The topological polar surface area (TPSA) is 60.0 Å². The first-order valence-corrected chi connectivity index (χ1v) is 9.46. The Balaban J connectivity index is 1.68. The molecule has 2 heterocycles. The maximum Gasteiger partial charge on any atom is 0.401 e. The van der Waals surface area contributed by atoms with Crippen molar-refractivity contribution in [3.63, 3.8) is 0 Å². The molecule has 0 aromatic heterocycles. The zero-order chi connectivity index (χ0) is 19.0. The van der Waals surface area contributed by atoms with Crippen LogP contribution in [0.3, 0.4) is 0 Å². The summed E-state index contributed by atoms with van der Waals surface area (Å²) in [4.78, 5) is 19.4. The summed E-state index contributed by atoms with van der Waals surface area (Å²) in [5.41, 5.74) is 0. The maximum atomic E-state index is 12.4. The Bertz CT molecular complexity index is 484. The summed E-state index contributed by atoms with van der Waals surface area (Å²) in [6.07, 6.45) is -0.937. The minimum absolute atomic E-state index is 0.162. The molecule has 0 aliphatic carbocycles. The SMILES string of the molecule is CCNC(=NCC1CCN(CC(F)(F)F)C1)NCCCN1CCCC1=O. The number of guanidine groups is 1. The molecule has 1 amide bonds. The molecular weight excluding hydrogens is 347 g/mol. The molecule has 0 aromatic carbocycles. The monoisotopic (exact) mass is 377 g/mol. The van der Waals surface area contributed by atoms with Gasteiger partial charge in [0.05, 0.1) is 6.54 Å². The van der Waals surface area contributed by atoms with Crippen LogP contribution in [-0.4, -0.2) is 80.2 Å². The van der Waals surface area contributed by atoms with E-state index in [-0.39, 0.29) is 11.8 Å². The molecule has 0 aromatic rings. The van der Waals surface area contributed by atoms with Gasteiger partial charge in [-0.3, -0.25) is 14.7 Å². The van der Waals surface area contributed by atoms with E-state index in [2.05, 4.69) is 15.6 Å². The van der Waals surface area contributed by atoms with E-state index in [1.54, 1.807) is 0 Å². The largest absolute Gasteiger partial charge is 0.401 e. The lowest BCUT2D eigenvalue weighted by Gasteiger charge is -2.18. The molecule has 2 rings (SSSR count). The number of aliphatic imine (C=N–C) groups is 1. The van der Waals surface area contributed by atoms with Crippen molar-refractivity contribution in [3.05, 3.63) is 0 Å². The molecule has 1 atom stereocenters. The van der Waals surface area contributed by atoms with Crippen molar-refractivity contribution >= 4 is 11.9 Å². The standard InChI is InChI=1S/C17H30F3N5O/c1-2-21-16(22-7-4-9-25-8-3-5-15(25)26)23-11-14-6-10-24(12-14)13-17(18,19)20/h14H,2-13H2,1H3,(H2,21,22,23). The molecule has 0 bridgehead atoms. The van der Waals surface area contributed by atoms with Gasteiger partial charge in [-0.05, 0) is 38.6 Å². The van der Waals surface area contributed by atoms with Crippen molar-refractivity contribution in [1.82, 2.24) is 20.4 Å². The van der Waals surface area contributed by atoms with E-state index in [4.69, 9.17) is 0 Å². The number of hydrogen-bond acceptors (Lipinski definition) is 3. The fourth-order valence-corrected chi connectivity index (χ4v) is 3.44. The predicted molar refractivity (Wildman–Crippen MR) is 95.0 cm³/mol. The fourth-order valence-electron chi connectivity index (χ4n) is 3.44. The van der Waals surface area contributed by atoms with Crippen LogP contribution in [0.15, 0.2) is 4.99 Å². The predicted octanol–water partition coefficient (Wildman–Crippen LogP) is 1.44. The van der Waals surface area contributed by atoms with Crippen LogP contribution in [-0.2, 0) is 4.79 Å². The van der Waals surface area contributed by atoms with Crippen LogP contribution in [0.4, 0.5) is 13.2 Å². The van der Waals surface area contributed by atoms with Crippen LogP contribution in [0, 0.1) is 5.92 Å². The number of rotatable bonds is 8. The van der Waals surface area contributed by atoms with Crippen LogP contribution < -0.4 is 10.6 Å². The lowest BCUT2D eigenvalue weighted by molar-refractivity contribution is -0.143. The molecule has 1 unspecified atom stereocenters. The third-order valence-electron chi connectivity index (χ3n) is 4.69. The summed E-state index contributed by atoms with van der Waals surface area (Å²) in [7, 11) is 0. The summed E-state index contributed by atoms with van der Waals surface area (Å²) < 4.78 is 37.3. The van der Waals surface area contributed by atoms with Gasteiger partial charge in [0.15, 0.2) is 5.96 Å². The Morgan fingerprint density at radius 3 is 2.77 bits per heavy atom. The van der Waals surface area contributed by atoms with Gasteiger partial charge in [-0.25, -0.2) is 0 Å². The molecule has 2 saturated heterocycles. The molecule has 2 aliphatic rings. The fraction of sp³-hybridized carbons (Fsp3) is 0.882. The molecule has 2 N–H and O–H groups in total. The molecule has 0 radical (unpaired) electrons. The summed E-state index contributed by atoms with van der Waals surface area (Å²) >= 11 is 0. The second-order valence-electron chi connectivity index (χ2n) is 6.99. The van der Waals surface area contributed by atoms with E-state index in [0.29, 0.717) is 38.6 Å². The normalized spacial score (nSPS) is 22.3. The second kappa shape index (κ2) is 9.99. The van der Waals surface area contributed by atoms with Gasteiger partial charge in [-0.1, -0.05) is 0 Å². The van der Waals surface area contributed by atoms with E-state index in [0.717, 1.165) is 38.9 Å². The Morgan fingerprint density at radius 2 is 2.12 bits per heavy atom. The quantitative estimate of drug-likeness (QED) is 0.382. The number of amides is 1. The molecule has 2 fully saturated rings. The Labute approximate surface area is 153 Å². The highest BCUT2D eigenvalue weighted by molar-refractivity contribution is 5.79. The van der Waals surface area contributed by atoms with E-state index < -0.39 is 12.7 Å². The zero-order valence-electron chi connectivity index (χ0n) is 15.4. The first kappa shape index (κ1) is 20.8. The van der Waals surface area contributed by atoms with E-state index in [1.807, 2.05) is 11.8 Å². The van der Waals surface area contributed by atoms with E-state index in [9.17, 15) is 18.0 Å². The van der Waals surface area contributed by atoms with Crippen molar-refractivity contribution in [1.29, 1.82) is 0 Å². The minimum atomic E-state index is -4.13. The van der Waals surface area contributed by atoms with Gasteiger partial charge in [-0.2, -0.15) is 13.2 Å². The summed E-state index contributed by atoms with van der Waals surface area (Å²) in [5, 5.41) is 6.40. The lowest BCUT2D eigenvalue weighted by Crippen LogP contribution is -2.39. The molecule has 0 saturated carbocycles. The molecular formula is C17H30F3N5O. The van der Waals surface area contributed by atoms with Crippen LogP contribution in [0.5, 0.6) is 0 Å². The number of alkyl halides is 3. The molecule has 26 heavy (non-hydrogen) atoms. The number of halogens is 3. The van der Waals surface area contributed by atoms with Gasteiger partial charge in [0, 0.05) is 45.7 Å². The van der Waals surface area contributed by atoms with Crippen molar-refractivity contribution in [2.45, 2.75) is 38.8 Å². The summed E-state index contributed by atoms with van der Waals surface area (Å²) in [5.74, 6) is 1.08. The van der Waals surface area contributed by atoms with Gasteiger partial charge in [0.1, 0.15) is 0 Å². The van der Waals surface area contributed by atoms with Crippen LogP contribution in [0.2, 0.25) is 0 Å². The van der Waals surface area contributed by atoms with Crippen molar-refractivity contribution in [2.24, 2.45) is 10.9 Å². The highest BCUT2D eigenvalue weighted by atomic mass is 19.4. The average Bonchev–Trinajstić information content (AvgIpc) is 3.16. The van der Waals surface area contributed by atoms with Crippen LogP contribution >= 0.6 is 0 Å². The molecule has 6 nitrogen and oxygen atoms in total. The summed E-state index contributed by atoms with van der Waals surface area (Å²) in [6.45, 7) is 5.62. The summed E-state index contributed by atoms with van der Waals surface area (Å²) in [6, 6.07) is 0. The number of likely N-dealkylation sites (tertiary alicyclic amines) is 2. The Hall–Kier alpha value is -1.51. The minimum Gasteiger partial charge on any atom is -0.357 e. The third kappa shape index (κ3) is 7.39. The van der Waals surface area contributed by atoms with Crippen molar-refractivity contribution in [3.8, 4) is 0 Å². The lowest BCUT2D eigenvalue weighted by atomic mass is 10.1. The maximum absolute atomic E-state index is 12.4. The van der Waals surface area contributed by atoms with E-state index >= 15 is 0 Å². The Morgan fingerprint density at radius 1 is 1.31 bits per heavy atom. The highest BCUT2D eigenvalue weighted by Crippen LogP contribution is 2.22. The first-order valence-electron chi connectivity index (χ1n) is 9.46. The highest BCUT2D eigenvalue weighted by Gasteiger charge is 2.34. The van der Waals surface area contributed by atoms with E-state index in [1.165, 1.54) is 4.90 Å². The number of nitrogens with one attached hydrogen (secondary N) is 2. The average molecular weight is 377 g/mol. The zero-order valence-corrected chi connectivity index (χ0v) is 15.4. The number of nitrogens with zero attached hydrogens (tertiary/aromatic N) is 3.